The highest BCUT2D eigenvalue weighted by atomic mass is 79.9. The lowest BCUT2D eigenvalue weighted by atomic mass is 10.1. The maximum atomic E-state index is 10.9. The summed E-state index contributed by atoms with van der Waals surface area (Å²) >= 11 is 3.55. The maximum Gasteiger partial charge on any atom is 0.271 e. The highest BCUT2D eigenvalue weighted by Crippen LogP contribution is 2.32. The van der Waals surface area contributed by atoms with Crippen molar-refractivity contribution < 1.29 is 4.92 Å². The first kappa shape index (κ1) is 14.5. The summed E-state index contributed by atoms with van der Waals surface area (Å²) in [5, 5.41) is 16.0. The molecule has 0 aliphatic carbocycles. The van der Waals surface area contributed by atoms with Crippen LogP contribution in [-0.2, 0) is 0 Å². The standard InChI is InChI=1S/C16H12BrN3O2/c1-10-15(17)13-7-2-3-8-14(13)16(18-10)19-11-5-4-6-12(9-11)20(21)22/h2-9H,1H3,(H,18,19). The molecule has 3 aromatic rings. The second kappa shape index (κ2) is 5.73. The molecule has 0 saturated heterocycles. The molecule has 0 spiro atoms. The Labute approximate surface area is 135 Å². The van der Waals surface area contributed by atoms with Gasteiger partial charge in [-0.3, -0.25) is 10.1 Å². The van der Waals surface area contributed by atoms with Crippen LogP contribution in [-0.4, -0.2) is 9.91 Å². The van der Waals surface area contributed by atoms with Crippen LogP contribution in [0.15, 0.2) is 53.0 Å². The van der Waals surface area contributed by atoms with Gasteiger partial charge in [-0.05, 0) is 28.9 Å². The number of aryl methyl sites for hydroxylation is 1. The first-order valence-electron chi connectivity index (χ1n) is 6.62. The SMILES string of the molecule is Cc1nc(Nc2cccc([N+](=O)[O-])c2)c2ccccc2c1Br. The Morgan fingerprint density at radius 1 is 1.14 bits per heavy atom. The highest BCUT2D eigenvalue weighted by Gasteiger charge is 2.11. The Bertz CT molecular complexity index is 880. The molecular weight excluding hydrogens is 346 g/mol. The first-order chi connectivity index (χ1) is 10.6. The van der Waals surface area contributed by atoms with Gasteiger partial charge in [-0.1, -0.05) is 30.3 Å². The fraction of sp³-hybridized carbons (Fsp3) is 0.0625. The second-order valence-corrected chi connectivity index (χ2v) is 5.63. The Morgan fingerprint density at radius 2 is 1.86 bits per heavy atom. The molecule has 0 unspecified atom stereocenters. The van der Waals surface area contributed by atoms with Gasteiger partial charge in [0.1, 0.15) is 5.82 Å². The largest absolute Gasteiger partial charge is 0.340 e. The van der Waals surface area contributed by atoms with Gasteiger partial charge in [0.15, 0.2) is 0 Å². The van der Waals surface area contributed by atoms with Crippen molar-refractivity contribution in [3.05, 3.63) is 68.8 Å². The normalized spacial score (nSPS) is 10.6. The van der Waals surface area contributed by atoms with Crippen LogP contribution in [0.3, 0.4) is 0 Å². The molecule has 1 N–H and O–H groups in total. The molecule has 0 fully saturated rings. The molecule has 0 aliphatic heterocycles. The summed E-state index contributed by atoms with van der Waals surface area (Å²) in [7, 11) is 0. The van der Waals surface area contributed by atoms with E-state index in [0.29, 0.717) is 11.5 Å². The number of non-ortho nitro benzene ring substituents is 1. The monoisotopic (exact) mass is 357 g/mol. The minimum absolute atomic E-state index is 0.0446. The number of nitro benzene ring substituents is 1. The van der Waals surface area contributed by atoms with Gasteiger partial charge in [0.2, 0.25) is 0 Å². The highest BCUT2D eigenvalue weighted by molar-refractivity contribution is 9.10. The Morgan fingerprint density at radius 3 is 2.59 bits per heavy atom. The van der Waals surface area contributed by atoms with Gasteiger partial charge in [0, 0.05) is 33.1 Å². The number of nitrogens with zero attached hydrogens (tertiary/aromatic N) is 2. The third-order valence-corrected chi connectivity index (χ3v) is 4.34. The molecule has 0 aliphatic rings. The van der Waals surface area contributed by atoms with Crippen molar-refractivity contribution in [2.24, 2.45) is 0 Å². The van der Waals surface area contributed by atoms with Crippen LogP contribution in [0.5, 0.6) is 0 Å². The number of aromatic nitrogens is 1. The third-order valence-electron chi connectivity index (χ3n) is 3.34. The molecule has 0 atom stereocenters. The summed E-state index contributed by atoms with van der Waals surface area (Å²) in [5.41, 5.74) is 1.53. The van der Waals surface area contributed by atoms with Gasteiger partial charge >= 0.3 is 0 Å². The van der Waals surface area contributed by atoms with E-state index in [1.807, 2.05) is 31.2 Å². The van der Waals surface area contributed by atoms with E-state index in [-0.39, 0.29) is 5.69 Å². The Hall–Kier alpha value is -2.47. The van der Waals surface area contributed by atoms with E-state index in [2.05, 4.69) is 26.2 Å². The molecule has 110 valence electrons. The number of nitrogens with one attached hydrogen (secondary N) is 1. The minimum Gasteiger partial charge on any atom is -0.340 e. The van der Waals surface area contributed by atoms with Gasteiger partial charge in [-0.2, -0.15) is 0 Å². The van der Waals surface area contributed by atoms with Crippen molar-refractivity contribution in [2.45, 2.75) is 6.92 Å². The summed E-state index contributed by atoms with van der Waals surface area (Å²) < 4.78 is 0.952. The predicted octanol–water partition coefficient (Wildman–Crippen LogP) is 4.96. The minimum atomic E-state index is -0.413. The number of benzene rings is 2. The number of pyridine rings is 1. The average Bonchev–Trinajstić information content (AvgIpc) is 2.52. The van der Waals surface area contributed by atoms with E-state index < -0.39 is 4.92 Å². The van der Waals surface area contributed by atoms with E-state index in [1.165, 1.54) is 12.1 Å². The summed E-state index contributed by atoms with van der Waals surface area (Å²) in [4.78, 5) is 15.0. The van der Waals surface area contributed by atoms with Crippen molar-refractivity contribution in [1.82, 2.24) is 4.98 Å². The number of hydrogen-bond donors (Lipinski definition) is 1. The third kappa shape index (κ3) is 2.65. The molecule has 1 heterocycles. The lowest BCUT2D eigenvalue weighted by molar-refractivity contribution is -0.384. The Balaban J connectivity index is 2.10. The topological polar surface area (TPSA) is 68.1 Å². The Kier molecular flexibility index (Phi) is 3.77. The van der Waals surface area contributed by atoms with E-state index in [9.17, 15) is 10.1 Å². The van der Waals surface area contributed by atoms with Crippen LogP contribution in [0.25, 0.3) is 10.8 Å². The van der Waals surface area contributed by atoms with Crippen LogP contribution in [0.4, 0.5) is 17.2 Å². The number of nitro groups is 1. The smallest absolute Gasteiger partial charge is 0.271 e. The van der Waals surface area contributed by atoms with Crippen LogP contribution >= 0.6 is 15.9 Å². The van der Waals surface area contributed by atoms with Gasteiger partial charge in [-0.15, -0.1) is 0 Å². The van der Waals surface area contributed by atoms with Crippen LogP contribution in [0, 0.1) is 17.0 Å². The van der Waals surface area contributed by atoms with Gasteiger partial charge < -0.3 is 5.32 Å². The summed E-state index contributed by atoms with van der Waals surface area (Å²) in [6, 6.07) is 14.2. The lowest BCUT2D eigenvalue weighted by Gasteiger charge is -2.12. The van der Waals surface area contributed by atoms with Crippen LogP contribution in [0.1, 0.15) is 5.69 Å². The van der Waals surface area contributed by atoms with Crippen molar-refractivity contribution in [1.29, 1.82) is 0 Å². The van der Waals surface area contributed by atoms with Crippen molar-refractivity contribution >= 4 is 43.9 Å². The molecule has 0 radical (unpaired) electrons. The zero-order valence-electron chi connectivity index (χ0n) is 11.7. The lowest BCUT2D eigenvalue weighted by Crippen LogP contribution is -1.98. The number of hydrogen-bond acceptors (Lipinski definition) is 4. The van der Waals surface area contributed by atoms with Gasteiger partial charge in [0.25, 0.3) is 5.69 Å². The molecule has 22 heavy (non-hydrogen) atoms. The van der Waals surface area contributed by atoms with E-state index in [1.54, 1.807) is 12.1 Å². The number of rotatable bonds is 3. The molecule has 2 aromatic carbocycles. The molecule has 5 nitrogen and oxygen atoms in total. The molecule has 0 bridgehead atoms. The molecule has 0 saturated carbocycles. The van der Waals surface area contributed by atoms with Crippen LogP contribution in [0.2, 0.25) is 0 Å². The summed E-state index contributed by atoms with van der Waals surface area (Å²) in [6.45, 7) is 1.91. The molecular formula is C16H12BrN3O2. The van der Waals surface area contributed by atoms with Crippen molar-refractivity contribution in [2.75, 3.05) is 5.32 Å². The number of fused-ring (bicyclic) bond motifs is 1. The first-order valence-corrected chi connectivity index (χ1v) is 7.42. The molecule has 0 amide bonds. The molecule has 6 heteroatoms. The van der Waals surface area contributed by atoms with Crippen LogP contribution < -0.4 is 5.32 Å². The number of anilines is 2. The quantitative estimate of drug-likeness (QED) is 0.531. The fourth-order valence-corrected chi connectivity index (χ4v) is 2.72. The van der Waals surface area contributed by atoms with Gasteiger partial charge in [0.05, 0.1) is 10.6 Å². The fourth-order valence-electron chi connectivity index (χ4n) is 2.28. The summed E-state index contributed by atoms with van der Waals surface area (Å²) in [6.07, 6.45) is 0. The van der Waals surface area contributed by atoms with E-state index in [0.717, 1.165) is 20.9 Å². The second-order valence-electron chi connectivity index (χ2n) is 4.84. The predicted molar refractivity (Wildman–Crippen MR) is 90.6 cm³/mol. The zero-order chi connectivity index (χ0) is 15.7. The zero-order valence-corrected chi connectivity index (χ0v) is 13.3. The molecule has 3 rings (SSSR count). The number of halogens is 1. The maximum absolute atomic E-state index is 10.9. The van der Waals surface area contributed by atoms with E-state index >= 15 is 0 Å². The van der Waals surface area contributed by atoms with Gasteiger partial charge in [-0.25, -0.2) is 4.98 Å². The average molecular weight is 358 g/mol. The van der Waals surface area contributed by atoms with Crippen molar-refractivity contribution in [3.8, 4) is 0 Å². The summed E-state index contributed by atoms with van der Waals surface area (Å²) in [5.74, 6) is 0.678. The molecule has 1 aromatic heterocycles. The van der Waals surface area contributed by atoms with Crippen molar-refractivity contribution in [3.63, 3.8) is 0 Å². The van der Waals surface area contributed by atoms with E-state index in [4.69, 9.17) is 0 Å².